The van der Waals surface area contributed by atoms with Crippen LogP contribution in [0.4, 0.5) is 17.3 Å². The van der Waals surface area contributed by atoms with Gasteiger partial charge in [0.1, 0.15) is 0 Å². The van der Waals surface area contributed by atoms with Gasteiger partial charge in [0.2, 0.25) is 5.95 Å². The van der Waals surface area contributed by atoms with Crippen LogP contribution in [0.2, 0.25) is 0 Å². The van der Waals surface area contributed by atoms with Gasteiger partial charge in [-0.2, -0.15) is 0 Å². The maximum atomic E-state index is 12.4. The first kappa shape index (κ1) is 18.6. The topological polar surface area (TPSA) is 106 Å². The molecule has 29 heavy (non-hydrogen) atoms. The van der Waals surface area contributed by atoms with Gasteiger partial charge in [-0.05, 0) is 42.5 Å². The van der Waals surface area contributed by atoms with E-state index in [2.05, 4.69) is 25.6 Å². The van der Waals surface area contributed by atoms with Crippen LogP contribution in [-0.2, 0) is 6.54 Å². The number of thiophene rings is 1. The highest BCUT2D eigenvalue weighted by Crippen LogP contribution is 2.22. The quantitative estimate of drug-likeness (QED) is 0.420. The highest BCUT2D eigenvalue weighted by Gasteiger charge is 2.11. The van der Waals surface area contributed by atoms with Gasteiger partial charge in [-0.15, -0.1) is 11.3 Å². The van der Waals surface area contributed by atoms with Crippen molar-refractivity contribution in [3.8, 4) is 11.3 Å². The molecule has 4 N–H and O–H groups in total. The number of aromatic nitrogens is 3. The number of hydrogen-bond donors (Lipinski definition) is 3. The smallest absolute Gasteiger partial charge is 0.265 e. The number of para-hydroxylation sites is 2. The molecule has 4 rings (SSSR count). The van der Waals surface area contributed by atoms with Crippen LogP contribution in [0.25, 0.3) is 11.3 Å². The maximum Gasteiger partial charge on any atom is 0.265 e. The molecule has 0 aliphatic rings. The van der Waals surface area contributed by atoms with E-state index in [1.807, 2.05) is 36.4 Å². The van der Waals surface area contributed by atoms with Crippen molar-refractivity contribution in [1.29, 1.82) is 0 Å². The first-order chi connectivity index (χ1) is 14.2. The highest BCUT2D eigenvalue weighted by atomic mass is 32.1. The number of rotatable bonds is 6. The maximum absolute atomic E-state index is 12.4. The number of nitrogen functional groups attached to an aromatic ring is 1. The molecule has 3 aromatic heterocycles. The molecule has 0 unspecified atom stereocenters. The molecule has 0 saturated carbocycles. The minimum atomic E-state index is -0.186. The van der Waals surface area contributed by atoms with E-state index in [0.29, 0.717) is 28.7 Å². The van der Waals surface area contributed by atoms with Crippen molar-refractivity contribution in [3.63, 3.8) is 0 Å². The zero-order chi connectivity index (χ0) is 20.1. The fourth-order valence-corrected chi connectivity index (χ4v) is 3.52. The molecule has 8 heteroatoms. The van der Waals surface area contributed by atoms with Crippen molar-refractivity contribution < 1.29 is 4.79 Å². The van der Waals surface area contributed by atoms with Gasteiger partial charge in [-0.25, -0.2) is 9.97 Å². The Morgan fingerprint density at radius 1 is 1.03 bits per heavy atom. The van der Waals surface area contributed by atoms with E-state index in [-0.39, 0.29) is 5.91 Å². The van der Waals surface area contributed by atoms with Gasteiger partial charge in [0.25, 0.3) is 5.91 Å². The Bertz CT molecular complexity index is 1130. The van der Waals surface area contributed by atoms with E-state index >= 15 is 0 Å². The van der Waals surface area contributed by atoms with Crippen LogP contribution in [0.15, 0.2) is 73.2 Å². The third-order valence-electron chi connectivity index (χ3n) is 4.13. The largest absolute Gasteiger partial charge is 0.397 e. The molecule has 0 atom stereocenters. The summed E-state index contributed by atoms with van der Waals surface area (Å²) in [6.45, 7) is 0.516. The molecule has 0 aliphatic carbocycles. The Hall–Kier alpha value is -3.78. The lowest BCUT2D eigenvalue weighted by Gasteiger charge is -2.06. The summed E-state index contributed by atoms with van der Waals surface area (Å²) in [4.78, 5) is 26.9. The molecule has 1 amide bonds. The Balaban J connectivity index is 1.40. The predicted molar refractivity (Wildman–Crippen MR) is 116 cm³/mol. The SMILES string of the molecule is Nc1ccccc1NC(=O)c1ccc(CNc2nccc(-c3cccnc3)n2)s1. The van der Waals surface area contributed by atoms with Gasteiger partial charge in [-0.1, -0.05) is 12.1 Å². The standard InChI is InChI=1S/C21H18N6OS/c22-16-5-1-2-6-18(16)26-20(28)19-8-7-15(29-19)13-25-21-24-11-9-17(27-21)14-4-3-10-23-12-14/h1-12H,13,22H2,(H,26,28)(H,24,25,27). The number of carbonyl (C=O) groups is 1. The van der Waals surface area contributed by atoms with Crippen molar-refractivity contribution in [2.75, 3.05) is 16.4 Å². The molecule has 0 spiro atoms. The van der Waals surface area contributed by atoms with Crippen molar-refractivity contribution in [2.24, 2.45) is 0 Å². The number of nitrogens with one attached hydrogen (secondary N) is 2. The summed E-state index contributed by atoms with van der Waals surface area (Å²) in [5.41, 5.74) is 8.73. The number of carbonyl (C=O) groups excluding carboxylic acids is 1. The van der Waals surface area contributed by atoms with Crippen LogP contribution in [0.1, 0.15) is 14.5 Å². The molecular formula is C21H18N6OS. The lowest BCUT2D eigenvalue weighted by molar-refractivity contribution is 0.103. The summed E-state index contributed by atoms with van der Waals surface area (Å²) < 4.78 is 0. The molecule has 1 aromatic carbocycles. The Morgan fingerprint density at radius 3 is 2.76 bits per heavy atom. The predicted octanol–water partition coefficient (Wildman–Crippen LogP) is 4.05. The second kappa shape index (κ2) is 8.49. The van der Waals surface area contributed by atoms with Crippen LogP contribution >= 0.6 is 11.3 Å². The van der Waals surface area contributed by atoms with Crippen LogP contribution in [0, 0.1) is 0 Å². The fraction of sp³-hybridized carbons (Fsp3) is 0.0476. The molecule has 144 valence electrons. The van der Waals surface area contributed by atoms with Gasteiger partial charge in [0.15, 0.2) is 0 Å². The lowest BCUT2D eigenvalue weighted by atomic mass is 10.2. The number of pyridine rings is 1. The number of amides is 1. The van der Waals surface area contributed by atoms with Crippen LogP contribution in [0.3, 0.4) is 0 Å². The Labute approximate surface area is 171 Å². The molecule has 0 radical (unpaired) electrons. The summed E-state index contributed by atoms with van der Waals surface area (Å²) in [5, 5.41) is 6.03. The van der Waals surface area contributed by atoms with Gasteiger partial charge >= 0.3 is 0 Å². The summed E-state index contributed by atoms with van der Waals surface area (Å²) in [6.07, 6.45) is 5.19. The first-order valence-corrected chi connectivity index (χ1v) is 9.72. The zero-order valence-corrected chi connectivity index (χ0v) is 16.2. The Morgan fingerprint density at radius 2 is 1.93 bits per heavy atom. The van der Waals surface area contributed by atoms with E-state index in [1.54, 1.807) is 36.8 Å². The summed E-state index contributed by atoms with van der Waals surface area (Å²) >= 11 is 1.41. The van der Waals surface area contributed by atoms with Gasteiger partial charge in [-0.3, -0.25) is 9.78 Å². The number of anilines is 3. The monoisotopic (exact) mass is 402 g/mol. The molecule has 3 heterocycles. The lowest BCUT2D eigenvalue weighted by Crippen LogP contribution is -2.11. The molecule has 0 fully saturated rings. The van der Waals surface area contributed by atoms with E-state index in [4.69, 9.17) is 5.73 Å². The second-order valence-electron chi connectivity index (χ2n) is 6.17. The Kier molecular flexibility index (Phi) is 5.44. The van der Waals surface area contributed by atoms with Crippen molar-refractivity contribution in [2.45, 2.75) is 6.54 Å². The normalized spacial score (nSPS) is 10.5. The molecule has 7 nitrogen and oxygen atoms in total. The zero-order valence-electron chi connectivity index (χ0n) is 15.4. The molecule has 4 aromatic rings. The van der Waals surface area contributed by atoms with Crippen LogP contribution < -0.4 is 16.4 Å². The third kappa shape index (κ3) is 4.56. The average molecular weight is 402 g/mol. The van der Waals surface area contributed by atoms with Gasteiger partial charge in [0.05, 0.1) is 28.5 Å². The average Bonchev–Trinajstić information content (AvgIpc) is 3.24. The summed E-state index contributed by atoms with van der Waals surface area (Å²) in [6, 6.07) is 16.5. The molecular weight excluding hydrogens is 384 g/mol. The summed E-state index contributed by atoms with van der Waals surface area (Å²) in [5.74, 6) is 0.330. The number of hydrogen-bond acceptors (Lipinski definition) is 7. The minimum Gasteiger partial charge on any atom is -0.397 e. The van der Waals surface area contributed by atoms with E-state index in [1.165, 1.54) is 11.3 Å². The van der Waals surface area contributed by atoms with Gasteiger partial charge < -0.3 is 16.4 Å². The van der Waals surface area contributed by atoms with E-state index in [9.17, 15) is 4.79 Å². The van der Waals surface area contributed by atoms with Crippen molar-refractivity contribution in [1.82, 2.24) is 15.0 Å². The van der Waals surface area contributed by atoms with Gasteiger partial charge in [0, 0.05) is 29.0 Å². The molecule has 0 saturated heterocycles. The number of nitrogens with two attached hydrogens (primary N) is 1. The number of nitrogens with zero attached hydrogens (tertiary/aromatic N) is 3. The summed E-state index contributed by atoms with van der Waals surface area (Å²) in [7, 11) is 0. The van der Waals surface area contributed by atoms with Crippen molar-refractivity contribution in [3.05, 3.63) is 82.9 Å². The van der Waals surface area contributed by atoms with Crippen molar-refractivity contribution >= 4 is 34.6 Å². The number of benzene rings is 1. The molecule has 0 aliphatic heterocycles. The highest BCUT2D eigenvalue weighted by molar-refractivity contribution is 7.14. The van der Waals surface area contributed by atoms with E-state index < -0.39 is 0 Å². The second-order valence-corrected chi connectivity index (χ2v) is 7.34. The fourth-order valence-electron chi connectivity index (χ4n) is 2.67. The van der Waals surface area contributed by atoms with Crippen LogP contribution in [0.5, 0.6) is 0 Å². The van der Waals surface area contributed by atoms with E-state index in [0.717, 1.165) is 16.1 Å². The van der Waals surface area contributed by atoms with Crippen LogP contribution in [-0.4, -0.2) is 20.9 Å². The minimum absolute atomic E-state index is 0.186. The first-order valence-electron chi connectivity index (χ1n) is 8.91. The molecule has 0 bridgehead atoms. The third-order valence-corrected chi connectivity index (χ3v) is 5.21.